The van der Waals surface area contributed by atoms with E-state index in [1.54, 1.807) is 0 Å². The molecular weight excluding hydrogens is 108 g/mol. The zero-order chi connectivity index (χ0) is 5.28. The van der Waals surface area contributed by atoms with Crippen molar-refractivity contribution < 1.29 is 4.21 Å². The van der Waals surface area contributed by atoms with Crippen molar-refractivity contribution in [3.05, 3.63) is 0 Å². The van der Waals surface area contributed by atoms with Gasteiger partial charge < -0.3 is 0 Å². The first-order valence-corrected chi connectivity index (χ1v) is 4.06. The van der Waals surface area contributed by atoms with Gasteiger partial charge in [0.1, 0.15) is 0 Å². The molecule has 0 spiro atoms. The van der Waals surface area contributed by atoms with Gasteiger partial charge in [0.15, 0.2) is 0 Å². The van der Waals surface area contributed by atoms with Crippen LogP contribution >= 0.6 is 0 Å². The van der Waals surface area contributed by atoms with Crippen molar-refractivity contribution in [2.45, 2.75) is 25.0 Å². The molecule has 2 atom stereocenters. The SMILES string of the molecule is CC1CCCS1=O. The second kappa shape index (κ2) is 1.95. The van der Waals surface area contributed by atoms with Crippen molar-refractivity contribution >= 4 is 10.8 Å². The first kappa shape index (κ1) is 5.29. The van der Waals surface area contributed by atoms with Crippen LogP contribution in [0.5, 0.6) is 0 Å². The van der Waals surface area contributed by atoms with Gasteiger partial charge in [-0.3, -0.25) is 4.21 Å². The number of rotatable bonds is 0. The molecule has 0 radical (unpaired) electrons. The Labute approximate surface area is 46.6 Å². The fourth-order valence-electron chi connectivity index (χ4n) is 0.846. The predicted molar refractivity (Wildman–Crippen MR) is 31.7 cm³/mol. The summed E-state index contributed by atoms with van der Waals surface area (Å²) in [6.45, 7) is 2.06. The quantitative estimate of drug-likeness (QED) is 0.462. The summed E-state index contributed by atoms with van der Waals surface area (Å²) in [5.41, 5.74) is 0. The first-order chi connectivity index (χ1) is 3.30. The maximum atomic E-state index is 10.7. The Morgan fingerprint density at radius 1 is 1.71 bits per heavy atom. The highest BCUT2D eigenvalue weighted by Crippen LogP contribution is 2.13. The molecule has 0 N–H and O–H groups in total. The summed E-state index contributed by atoms with van der Waals surface area (Å²) in [5, 5.41) is 0.486. The molecule has 1 aliphatic heterocycles. The third-order valence-corrected chi connectivity index (χ3v) is 3.23. The van der Waals surface area contributed by atoms with Crippen LogP contribution in [-0.2, 0) is 10.8 Å². The minimum absolute atomic E-state index is 0.468. The smallest absolute Gasteiger partial charge is 0.0320 e. The van der Waals surface area contributed by atoms with Crippen molar-refractivity contribution in [2.75, 3.05) is 5.75 Å². The minimum Gasteiger partial charge on any atom is -0.259 e. The molecule has 0 amide bonds. The van der Waals surface area contributed by atoms with Gasteiger partial charge in [0.05, 0.1) is 0 Å². The molecule has 1 saturated heterocycles. The molecule has 0 aromatic rings. The molecule has 1 heterocycles. The summed E-state index contributed by atoms with van der Waals surface area (Å²) in [7, 11) is -0.468. The van der Waals surface area contributed by atoms with Crippen LogP contribution < -0.4 is 0 Å². The highest BCUT2D eigenvalue weighted by Gasteiger charge is 2.16. The maximum Gasteiger partial charge on any atom is 0.0320 e. The van der Waals surface area contributed by atoms with Crippen LogP contribution in [0.15, 0.2) is 0 Å². The van der Waals surface area contributed by atoms with E-state index in [1.807, 2.05) is 0 Å². The van der Waals surface area contributed by atoms with E-state index in [1.165, 1.54) is 12.8 Å². The van der Waals surface area contributed by atoms with Crippen LogP contribution in [-0.4, -0.2) is 15.2 Å². The summed E-state index contributed by atoms with van der Waals surface area (Å²) >= 11 is 0. The van der Waals surface area contributed by atoms with E-state index in [9.17, 15) is 4.21 Å². The molecule has 2 heteroatoms. The molecule has 1 rings (SSSR count). The van der Waals surface area contributed by atoms with Crippen molar-refractivity contribution in [3.8, 4) is 0 Å². The summed E-state index contributed by atoms with van der Waals surface area (Å²) in [5.74, 6) is 0.946. The van der Waals surface area contributed by atoms with E-state index in [-0.39, 0.29) is 0 Å². The molecule has 0 saturated carbocycles. The van der Waals surface area contributed by atoms with Gasteiger partial charge in [-0.15, -0.1) is 0 Å². The Balaban J connectivity index is 2.48. The Kier molecular flexibility index (Phi) is 1.47. The minimum atomic E-state index is -0.468. The van der Waals surface area contributed by atoms with E-state index in [2.05, 4.69) is 6.92 Å². The Hall–Kier alpha value is 0.150. The van der Waals surface area contributed by atoms with Crippen molar-refractivity contribution in [2.24, 2.45) is 0 Å². The van der Waals surface area contributed by atoms with Crippen LogP contribution in [0.2, 0.25) is 0 Å². The van der Waals surface area contributed by atoms with Crippen LogP contribution in [0.4, 0.5) is 0 Å². The second-order valence-electron chi connectivity index (χ2n) is 2.04. The van der Waals surface area contributed by atoms with Crippen molar-refractivity contribution in [1.82, 2.24) is 0 Å². The lowest BCUT2D eigenvalue weighted by Gasteiger charge is -1.92. The van der Waals surface area contributed by atoms with E-state index >= 15 is 0 Å². The maximum absolute atomic E-state index is 10.7. The first-order valence-electron chi connectivity index (χ1n) is 2.68. The molecule has 0 aromatic carbocycles. The molecule has 1 fully saturated rings. The highest BCUT2D eigenvalue weighted by atomic mass is 32.2. The number of hydrogen-bond acceptors (Lipinski definition) is 1. The topological polar surface area (TPSA) is 17.1 Å². The lowest BCUT2D eigenvalue weighted by atomic mass is 10.3. The van der Waals surface area contributed by atoms with Crippen LogP contribution in [0, 0.1) is 0 Å². The normalized spacial score (nSPS) is 41.9. The third kappa shape index (κ3) is 1.03. The monoisotopic (exact) mass is 118 g/mol. The molecule has 0 aromatic heterocycles. The molecule has 0 bridgehead atoms. The molecular formula is C5H10OS. The Bertz CT molecular complexity index is 90.1. The molecule has 1 nitrogen and oxygen atoms in total. The van der Waals surface area contributed by atoms with Crippen molar-refractivity contribution in [3.63, 3.8) is 0 Å². The summed E-state index contributed by atoms with van der Waals surface area (Å²) < 4.78 is 10.7. The van der Waals surface area contributed by atoms with Gasteiger partial charge in [0.2, 0.25) is 0 Å². The fourth-order valence-corrected chi connectivity index (χ4v) is 2.13. The highest BCUT2D eigenvalue weighted by molar-refractivity contribution is 7.85. The van der Waals surface area contributed by atoms with Gasteiger partial charge >= 0.3 is 0 Å². The lowest BCUT2D eigenvalue weighted by molar-refractivity contribution is 0.680. The molecule has 42 valence electrons. The summed E-state index contributed by atoms with van der Waals surface area (Å²) in [4.78, 5) is 0. The molecule has 1 aliphatic rings. The van der Waals surface area contributed by atoms with Gasteiger partial charge in [-0.1, -0.05) is 6.92 Å². The van der Waals surface area contributed by atoms with Crippen LogP contribution in [0.25, 0.3) is 0 Å². The lowest BCUT2D eigenvalue weighted by Crippen LogP contribution is -2.00. The van der Waals surface area contributed by atoms with Gasteiger partial charge in [0, 0.05) is 21.8 Å². The Morgan fingerprint density at radius 2 is 2.43 bits per heavy atom. The van der Waals surface area contributed by atoms with Gasteiger partial charge in [-0.2, -0.15) is 0 Å². The zero-order valence-electron chi connectivity index (χ0n) is 4.52. The van der Waals surface area contributed by atoms with Gasteiger partial charge in [0.25, 0.3) is 0 Å². The molecule has 7 heavy (non-hydrogen) atoms. The third-order valence-electron chi connectivity index (χ3n) is 1.40. The predicted octanol–water partition coefficient (Wildman–Crippen LogP) is 0.917. The average Bonchev–Trinajstić information content (AvgIpc) is 1.91. The number of hydrogen-bond donors (Lipinski definition) is 0. The summed E-state index contributed by atoms with van der Waals surface area (Å²) in [6.07, 6.45) is 2.35. The zero-order valence-corrected chi connectivity index (χ0v) is 5.33. The fraction of sp³-hybridized carbons (Fsp3) is 1.00. The Morgan fingerprint density at radius 3 is 2.57 bits per heavy atom. The summed E-state index contributed by atoms with van der Waals surface area (Å²) in [6, 6.07) is 0. The second-order valence-corrected chi connectivity index (χ2v) is 4.01. The molecule has 0 aliphatic carbocycles. The van der Waals surface area contributed by atoms with Gasteiger partial charge in [-0.25, -0.2) is 0 Å². The molecule has 2 unspecified atom stereocenters. The largest absolute Gasteiger partial charge is 0.259 e. The standard InChI is InChI=1S/C5H10OS/c1-5-3-2-4-7(5)6/h5H,2-4H2,1H3. The van der Waals surface area contributed by atoms with Crippen LogP contribution in [0.3, 0.4) is 0 Å². The van der Waals surface area contributed by atoms with E-state index in [0.717, 1.165) is 5.75 Å². The van der Waals surface area contributed by atoms with E-state index in [0.29, 0.717) is 5.25 Å². The van der Waals surface area contributed by atoms with E-state index in [4.69, 9.17) is 0 Å². The average molecular weight is 118 g/mol. The van der Waals surface area contributed by atoms with E-state index < -0.39 is 10.8 Å². The van der Waals surface area contributed by atoms with Crippen LogP contribution in [0.1, 0.15) is 19.8 Å². The van der Waals surface area contributed by atoms with Crippen molar-refractivity contribution in [1.29, 1.82) is 0 Å². The van der Waals surface area contributed by atoms with Gasteiger partial charge in [-0.05, 0) is 12.8 Å².